The third kappa shape index (κ3) is 4.54. The van der Waals surface area contributed by atoms with E-state index in [9.17, 15) is 18.0 Å². The molecule has 2 amide bonds. The number of amides is 2. The third-order valence-corrected chi connectivity index (χ3v) is 6.16. The summed E-state index contributed by atoms with van der Waals surface area (Å²) < 4.78 is 31.8. The number of rotatable bonds is 6. The molecule has 0 saturated carbocycles. The Kier molecular flexibility index (Phi) is 5.78. The van der Waals surface area contributed by atoms with Gasteiger partial charge in [0, 0.05) is 17.8 Å². The molecular formula is C22H20N4O5S. The van der Waals surface area contributed by atoms with Crippen molar-refractivity contribution in [2.75, 3.05) is 5.32 Å². The van der Waals surface area contributed by atoms with Crippen LogP contribution in [0.4, 0.5) is 5.69 Å². The molecule has 32 heavy (non-hydrogen) atoms. The number of hydrogen-bond donors (Lipinski definition) is 3. The molecule has 3 aromatic rings. The molecule has 2 heterocycles. The van der Waals surface area contributed by atoms with Crippen LogP contribution in [-0.2, 0) is 21.4 Å². The molecule has 0 spiro atoms. The van der Waals surface area contributed by atoms with Gasteiger partial charge in [-0.2, -0.15) is 0 Å². The number of carbonyl (C=O) groups is 2. The zero-order chi connectivity index (χ0) is 22.7. The highest BCUT2D eigenvalue weighted by Gasteiger charge is 2.31. The van der Waals surface area contributed by atoms with Gasteiger partial charge in [-0.25, -0.2) is 8.42 Å². The van der Waals surface area contributed by atoms with Crippen LogP contribution >= 0.6 is 0 Å². The highest BCUT2D eigenvalue weighted by atomic mass is 32.2. The molecule has 1 atom stereocenters. The van der Waals surface area contributed by atoms with Crippen molar-refractivity contribution in [2.45, 2.75) is 24.4 Å². The number of carbonyl (C=O) groups excluding carboxylic acids is 2. The normalized spacial score (nSPS) is 16.1. The molecule has 1 aliphatic rings. The summed E-state index contributed by atoms with van der Waals surface area (Å²) in [6.07, 6.45) is 1.42. The van der Waals surface area contributed by atoms with Gasteiger partial charge in [-0.05, 0) is 48.9 Å². The molecule has 9 nitrogen and oxygen atoms in total. The predicted octanol–water partition coefficient (Wildman–Crippen LogP) is 2.28. The summed E-state index contributed by atoms with van der Waals surface area (Å²) in [7, 11) is -3.67. The first-order valence-electron chi connectivity index (χ1n) is 9.75. The molecule has 0 saturated heterocycles. The van der Waals surface area contributed by atoms with Crippen molar-refractivity contribution in [3.63, 3.8) is 0 Å². The van der Waals surface area contributed by atoms with E-state index in [4.69, 9.17) is 4.42 Å². The molecule has 0 bridgehead atoms. The van der Waals surface area contributed by atoms with Gasteiger partial charge < -0.3 is 15.1 Å². The number of amidine groups is 1. The van der Waals surface area contributed by atoms with Crippen molar-refractivity contribution in [3.05, 3.63) is 83.8 Å². The molecular weight excluding hydrogens is 432 g/mol. The second-order valence-corrected chi connectivity index (χ2v) is 8.76. The smallest absolute Gasteiger partial charge is 0.291 e. The number of anilines is 1. The highest BCUT2D eigenvalue weighted by molar-refractivity contribution is 7.90. The Morgan fingerprint density at radius 3 is 2.69 bits per heavy atom. The number of fused-ring (bicyclic) bond motifs is 1. The minimum absolute atomic E-state index is 0.139. The fraction of sp³-hybridized carbons (Fsp3) is 0.136. The van der Waals surface area contributed by atoms with Crippen LogP contribution in [0.5, 0.6) is 0 Å². The maximum absolute atomic E-state index is 12.5. The van der Waals surface area contributed by atoms with Crippen LogP contribution in [0, 0.1) is 0 Å². The van der Waals surface area contributed by atoms with E-state index in [1.807, 2.05) is 0 Å². The molecule has 164 valence electrons. The maximum atomic E-state index is 12.5. The predicted molar refractivity (Wildman–Crippen MR) is 118 cm³/mol. The largest absolute Gasteiger partial charge is 0.459 e. The molecule has 1 aromatic heterocycles. The van der Waals surface area contributed by atoms with Crippen molar-refractivity contribution in [3.8, 4) is 0 Å². The fourth-order valence-electron chi connectivity index (χ4n) is 3.18. The van der Waals surface area contributed by atoms with E-state index in [1.165, 1.54) is 12.3 Å². The molecule has 3 N–H and O–H groups in total. The maximum Gasteiger partial charge on any atom is 0.291 e. The van der Waals surface area contributed by atoms with Gasteiger partial charge in [-0.1, -0.05) is 24.3 Å². The van der Waals surface area contributed by atoms with Crippen LogP contribution in [0.3, 0.4) is 0 Å². The van der Waals surface area contributed by atoms with E-state index in [0.29, 0.717) is 11.3 Å². The van der Waals surface area contributed by atoms with Gasteiger partial charge in [0.2, 0.25) is 5.91 Å². The van der Waals surface area contributed by atoms with E-state index in [-0.39, 0.29) is 34.9 Å². The summed E-state index contributed by atoms with van der Waals surface area (Å²) in [5, 5.41) is 5.50. The number of benzene rings is 2. The lowest BCUT2D eigenvalue weighted by molar-refractivity contribution is -0.122. The second kappa shape index (κ2) is 8.67. The Hall–Kier alpha value is -3.92. The molecule has 1 aliphatic heterocycles. The van der Waals surface area contributed by atoms with Gasteiger partial charge >= 0.3 is 0 Å². The number of aliphatic imine (C=N–C) groups is 1. The summed E-state index contributed by atoms with van der Waals surface area (Å²) in [6, 6.07) is 15.9. The standard InChI is InChI=1S/C22H20N4O5S/c1-14(24-20-17-8-2-3-10-19(17)32(29,30)26-20)21(27)23-13-15-6-4-7-16(12-15)25-22(28)18-9-5-11-31-18/h2-12,14H,13H2,1H3,(H,23,27)(H,24,26)(H,25,28)/t14-/m0/s1. The highest BCUT2D eigenvalue weighted by Crippen LogP contribution is 2.22. The summed E-state index contributed by atoms with van der Waals surface area (Å²) in [6.45, 7) is 1.79. The number of nitrogens with one attached hydrogen (secondary N) is 3. The van der Waals surface area contributed by atoms with Crippen molar-refractivity contribution in [1.82, 2.24) is 10.0 Å². The van der Waals surface area contributed by atoms with Crippen LogP contribution in [0.15, 0.2) is 81.2 Å². The van der Waals surface area contributed by atoms with Gasteiger partial charge in [0.15, 0.2) is 5.76 Å². The van der Waals surface area contributed by atoms with Gasteiger partial charge in [0.1, 0.15) is 11.9 Å². The first-order chi connectivity index (χ1) is 15.3. The van der Waals surface area contributed by atoms with Crippen LogP contribution in [0.25, 0.3) is 0 Å². The molecule has 10 heteroatoms. The van der Waals surface area contributed by atoms with Crippen LogP contribution in [-0.4, -0.2) is 32.1 Å². The lowest BCUT2D eigenvalue weighted by Crippen LogP contribution is -2.33. The second-order valence-electron chi connectivity index (χ2n) is 7.10. The lowest BCUT2D eigenvalue weighted by Gasteiger charge is -2.11. The first kappa shape index (κ1) is 21.3. The molecule has 4 rings (SSSR count). The monoisotopic (exact) mass is 452 g/mol. The molecule has 0 unspecified atom stereocenters. The summed E-state index contributed by atoms with van der Waals surface area (Å²) in [5.41, 5.74) is 1.76. The Morgan fingerprint density at radius 2 is 1.91 bits per heavy atom. The number of furan rings is 1. The van der Waals surface area contributed by atoms with Crippen LogP contribution < -0.4 is 15.4 Å². The van der Waals surface area contributed by atoms with E-state index in [2.05, 4.69) is 20.3 Å². The Balaban J connectivity index is 1.39. The Bertz CT molecular complexity index is 1300. The van der Waals surface area contributed by atoms with Crippen molar-refractivity contribution in [1.29, 1.82) is 0 Å². The number of nitrogens with zero attached hydrogens (tertiary/aromatic N) is 1. The summed E-state index contributed by atoms with van der Waals surface area (Å²) >= 11 is 0. The topological polar surface area (TPSA) is 130 Å². The third-order valence-electron chi connectivity index (χ3n) is 4.76. The number of sulfonamides is 1. The zero-order valence-corrected chi connectivity index (χ0v) is 17.8. The van der Waals surface area contributed by atoms with E-state index >= 15 is 0 Å². The minimum Gasteiger partial charge on any atom is -0.459 e. The quantitative estimate of drug-likeness (QED) is 0.528. The van der Waals surface area contributed by atoms with Gasteiger partial charge in [0.05, 0.1) is 11.2 Å². The average molecular weight is 452 g/mol. The minimum atomic E-state index is -3.67. The molecule has 0 radical (unpaired) electrons. The number of hydrogen-bond acceptors (Lipinski definition) is 6. The van der Waals surface area contributed by atoms with Crippen molar-refractivity contribution in [2.24, 2.45) is 4.99 Å². The average Bonchev–Trinajstić information content (AvgIpc) is 3.40. The summed E-state index contributed by atoms with van der Waals surface area (Å²) in [4.78, 5) is 29.0. The van der Waals surface area contributed by atoms with Gasteiger partial charge in [-0.3, -0.25) is 19.3 Å². The molecule has 0 fully saturated rings. The van der Waals surface area contributed by atoms with E-state index in [0.717, 1.165) is 5.56 Å². The molecule has 2 aromatic carbocycles. The van der Waals surface area contributed by atoms with Crippen molar-refractivity contribution >= 4 is 33.4 Å². The first-order valence-corrected chi connectivity index (χ1v) is 11.2. The zero-order valence-electron chi connectivity index (χ0n) is 17.0. The SMILES string of the molecule is C[C@H](N=C1NS(=O)(=O)c2ccccc21)C(=O)NCc1cccc(NC(=O)c2ccco2)c1. The lowest BCUT2D eigenvalue weighted by atomic mass is 10.2. The van der Waals surface area contributed by atoms with Gasteiger partial charge in [-0.15, -0.1) is 0 Å². The van der Waals surface area contributed by atoms with Gasteiger partial charge in [0.25, 0.3) is 15.9 Å². The van der Waals surface area contributed by atoms with E-state index in [1.54, 1.807) is 61.5 Å². The van der Waals surface area contributed by atoms with Crippen LogP contribution in [0.2, 0.25) is 0 Å². The van der Waals surface area contributed by atoms with Crippen LogP contribution in [0.1, 0.15) is 28.6 Å². The Morgan fingerprint density at radius 1 is 1.09 bits per heavy atom. The summed E-state index contributed by atoms with van der Waals surface area (Å²) in [5.74, 6) is -0.405. The van der Waals surface area contributed by atoms with E-state index < -0.39 is 16.1 Å². The Labute approximate surface area is 184 Å². The molecule has 0 aliphatic carbocycles. The van der Waals surface area contributed by atoms with Crippen molar-refractivity contribution < 1.29 is 22.4 Å². The fourth-order valence-corrected chi connectivity index (χ4v) is 4.42.